The van der Waals surface area contributed by atoms with Crippen LogP contribution in [0.3, 0.4) is 0 Å². The summed E-state index contributed by atoms with van der Waals surface area (Å²) in [5, 5.41) is 3.10. The molecule has 4 nitrogen and oxygen atoms in total. The summed E-state index contributed by atoms with van der Waals surface area (Å²) in [6.07, 6.45) is 6.52. The van der Waals surface area contributed by atoms with E-state index in [0.29, 0.717) is 25.1 Å². The molecule has 0 aliphatic carbocycles. The van der Waals surface area contributed by atoms with E-state index in [-0.39, 0.29) is 17.8 Å². The van der Waals surface area contributed by atoms with Crippen LogP contribution in [0.15, 0.2) is 42.7 Å². The summed E-state index contributed by atoms with van der Waals surface area (Å²) in [5.41, 5.74) is 2.73. The van der Waals surface area contributed by atoms with Gasteiger partial charge in [-0.3, -0.25) is 9.78 Å². The van der Waals surface area contributed by atoms with E-state index in [4.69, 9.17) is 0 Å². The van der Waals surface area contributed by atoms with Crippen LogP contribution in [0.4, 0.5) is 10.1 Å². The van der Waals surface area contributed by atoms with E-state index in [9.17, 15) is 9.18 Å². The minimum atomic E-state index is -0.200. The standard InChI is InChI=1S/C20H24FN3O/c1-15-6-8-18(21)19(12-15)24-11-3-5-17(14-24)23-20(25)9-7-16-4-2-10-22-13-16/h2,4,6,8,10,12-13,17H,3,5,7,9,11,14H2,1H3,(H,23,25)/t17-/m0/s1. The third-order valence-corrected chi connectivity index (χ3v) is 4.59. The molecule has 1 aliphatic rings. The summed E-state index contributed by atoms with van der Waals surface area (Å²) < 4.78 is 14.1. The van der Waals surface area contributed by atoms with E-state index in [1.807, 2.05) is 30.0 Å². The number of hydrogen-bond donors (Lipinski definition) is 1. The molecule has 2 aromatic rings. The lowest BCUT2D eigenvalue weighted by atomic mass is 10.0. The van der Waals surface area contributed by atoms with Crippen molar-refractivity contribution in [2.45, 2.75) is 38.6 Å². The molecule has 1 saturated heterocycles. The van der Waals surface area contributed by atoms with Crippen LogP contribution in [-0.4, -0.2) is 30.0 Å². The Hall–Kier alpha value is -2.43. The van der Waals surface area contributed by atoms with E-state index < -0.39 is 0 Å². The van der Waals surface area contributed by atoms with Crippen LogP contribution in [-0.2, 0) is 11.2 Å². The molecule has 1 aromatic heterocycles. The Labute approximate surface area is 148 Å². The van der Waals surface area contributed by atoms with Gasteiger partial charge in [-0.05, 0) is 55.5 Å². The Bertz CT molecular complexity index is 720. The van der Waals surface area contributed by atoms with E-state index in [1.54, 1.807) is 18.5 Å². The molecule has 1 fully saturated rings. The molecule has 0 unspecified atom stereocenters. The quantitative estimate of drug-likeness (QED) is 0.908. The number of pyridine rings is 1. The van der Waals surface area contributed by atoms with E-state index in [1.165, 1.54) is 6.07 Å². The maximum absolute atomic E-state index is 14.1. The van der Waals surface area contributed by atoms with E-state index in [2.05, 4.69) is 10.3 Å². The highest BCUT2D eigenvalue weighted by Crippen LogP contribution is 2.24. The number of nitrogens with one attached hydrogen (secondary N) is 1. The lowest BCUT2D eigenvalue weighted by Crippen LogP contribution is -2.48. The van der Waals surface area contributed by atoms with Crippen molar-refractivity contribution in [3.05, 3.63) is 59.7 Å². The predicted molar refractivity (Wildman–Crippen MR) is 97.1 cm³/mol. The fourth-order valence-electron chi connectivity index (χ4n) is 3.28. The molecule has 1 aliphatic heterocycles. The van der Waals surface area contributed by atoms with Crippen LogP contribution < -0.4 is 10.2 Å². The summed E-state index contributed by atoms with van der Waals surface area (Å²) in [7, 11) is 0. The van der Waals surface area contributed by atoms with E-state index in [0.717, 1.165) is 30.5 Å². The first kappa shape index (κ1) is 17.4. The number of aromatic nitrogens is 1. The molecule has 1 aromatic carbocycles. The fourth-order valence-corrected chi connectivity index (χ4v) is 3.28. The van der Waals surface area contributed by atoms with Gasteiger partial charge in [-0.1, -0.05) is 12.1 Å². The summed E-state index contributed by atoms with van der Waals surface area (Å²) in [6.45, 7) is 3.44. The number of hydrogen-bond acceptors (Lipinski definition) is 3. The van der Waals surface area contributed by atoms with Crippen LogP contribution in [0.5, 0.6) is 0 Å². The molecule has 0 saturated carbocycles. The van der Waals surface area contributed by atoms with Crippen LogP contribution in [0.25, 0.3) is 0 Å². The summed E-state index contributed by atoms with van der Waals surface area (Å²) in [6, 6.07) is 9.09. The Morgan fingerprint density at radius 3 is 3.08 bits per heavy atom. The Morgan fingerprint density at radius 1 is 1.40 bits per heavy atom. The van der Waals surface area contributed by atoms with Gasteiger partial charge in [0.25, 0.3) is 0 Å². The van der Waals surface area contributed by atoms with Crippen molar-refractivity contribution in [1.29, 1.82) is 0 Å². The highest BCUT2D eigenvalue weighted by molar-refractivity contribution is 5.76. The summed E-state index contributed by atoms with van der Waals surface area (Å²) in [4.78, 5) is 18.3. The number of halogens is 1. The number of aryl methyl sites for hydroxylation is 2. The summed E-state index contributed by atoms with van der Waals surface area (Å²) >= 11 is 0. The largest absolute Gasteiger partial charge is 0.367 e. The van der Waals surface area contributed by atoms with Crippen LogP contribution in [0.1, 0.15) is 30.4 Å². The molecule has 3 rings (SSSR count). The SMILES string of the molecule is Cc1ccc(F)c(N2CCC[C@H](NC(=O)CCc3cccnc3)C2)c1. The molecule has 132 valence electrons. The minimum absolute atomic E-state index is 0.0421. The first-order chi connectivity index (χ1) is 12.1. The minimum Gasteiger partial charge on any atom is -0.367 e. The fraction of sp³-hybridized carbons (Fsp3) is 0.400. The van der Waals surface area contributed by atoms with Gasteiger partial charge in [0.2, 0.25) is 5.91 Å². The third-order valence-electron chi connectivity index (χ3n) is 4.59. The lowest BCUT2D eigenvalue weighted by Gasteiger charge is -2.35. The highest BCUT2D eigenvalue weighted by Gasteiger charge is 2.23. The predicted octanol–water partition coefficient (Wildman–Crippen LogP) is 3.25. The second-order valence-electron chi connectivity index (χ2n) is 6.67. The average molecular weight is 341 g/mol. The number of benzene rings is 1. The Balaban J connectivity index is 1.54. The van der Waals surface area contributed by atoms with Gasteiger partial charge in [-0.15, -0.1) is 0 Å². The van der Waals surface area contributed by atoms with Crippen LogP contribution in [0, 0.1) is 12.7 Å². The van der Waals surface area contributed by atoms with Gasteiger partial charge in [0.15, 0.2) is 0 Å². The number of carbonyl (C=O) groups excluding carboxylic acids is 1. The number of piperidine rings is 1. The maximum Gasteiger partial charge on any atom is 0.220 e. The number of nitrogens with zero attached hydrogens (tertiary/aromatic N) is 2. The molecular weight excluding hydrogens is 317 g/mol. The van der Waals surface area contributed by atoms with Crippen LogP contribution >= 0.6 is 0 Å². The van der Waals surface area contributed by atoms with Crippen molar-refractivity contribution >= 4 is 11.6 Å². The molecule has 2 heterocycles. The van der Waals surface area contributed by atoms with Gasteiger partial charge < -0.3 is 10.2 Å². The third kappa shape index (κ3) is 4.78. The molecule has 0 spiro atoms. The molecule has 1 N–H and O–H groups in total. The molecule has 25 heavy (non-hydrogen) atoms. The molecule has 1 amide bonds. The van der Waals surface area contributed by atoms with Crippen molar-refractivity contribution in [2.75, 3.05) is 18.0 Å². The normalized spacial score (nSPS) is 17.4. The molecule has 0 radical (unpaired) electrons. The van der Waals surface area contributed by atoms with Gasteiger partial charge >= 0.3 is 0 Å². The van der Waals surface area contributed by atoms with Gasteiger partial charge in [0.05, 0.1) is 5.69 Å². The number of amides is 1. The number of rotatable bonds is 5. The Kier molecular flexibility index (Phi) is 5.64. The first-order valence-electron chi connectivity index (χ1n) is 8.81. The van der Waals surface area contributed by atoms with Gasteiger partial charge in [0.1, 0.15) is 5.82 Å². The molecule has 0 bridgehead atoms. The molecule has 5 heteroatoms. The lowest BCUT2D eigenvalue weighted by molar-refractivity contribution is -0.121. The van der Waals surface area contributed by atoms with Crippen LogP contribution in [0.2, 0.25) is 0 Å². The monoisotopic (exact) mass is 341 g/mol. The second-order valence-corrected chi connectivity index (χ2v) is 6.67. The van der Waals surface area contributed by atoms with Crippen molar-refractivity contribution in [3.63, 3.8) is 0 Å². The zero-order valence-electron chi connectivity index (χ0n) is 14.5. The van der Waals surface area contributed by atoms with Gasteiger partial charge in [-0.25, -0.2) is 4.39 Å². The highest BCUT2D eigenvalue weighted by atomic mass is 19.1. The van der Waals surface area contributed by atoms with Crippen molar-refractivity contribution in [2.24, 2.45) is 0 Å². The smallest absolute Gasteiger partial charge is 0.220 e. The zero-order chi connectivity index (χ0) is 17.6. The molecular formula is C20H24FN3O. The second kappa shape index (κ2) is 8.10. The zero-order valence-corrected chi connectivity index (χ0v) is 14.5. The number of anilines is 1. The van der Waals surface area contributed by atoms with E-state index >= 15 is 0 Å². The Morgan fingerprint density at radius 2 is 2.28 bits per heavy atom. The molecule has 1 atom stereocenters. The summed E-state index contributed by atoms with van der Waals surface area (Å²) in [5.74, 6) is -0.158. The first-order valence-corrected chi connectivity index (χ1v) is 8.81. The number of carbonyl (C=O) groups is 1. The van der Waals surface area contributed by atoms with Crippen molar-refractivity contribution in [1.82, 2.24) is 10.3 Å². The van der Waals surface area contributed by atoms with Crippen molar-refractivity contribution < 1.29 is 9.18 Å². The van der Waals surface area contributed by atoms with Crippen molar-refractivity contribution in [3.8, 4) is 0 Å². The maximum atomic E-state index is 14.1. The van der Waals surface area contributed by atoms with Gasteiger partial charge in [-0.2, -0.15) is 0 Å². The topological polar surface area (TPSA) is 45.2 Å². The van der Waals surface area contributed by atoms with Gasteiger partial charge in [0, 0.05) is 37.9 Å². The average Bonchev–Trinajstić information content (AvgIpc) is 2.63.